The number of nitrogens with one attached hydrogen (secondary N) is 1. The predicted molar refractivity (Wildman–Crippen MR) is 124 cm³/mol. The Morgan fingerprint density at radius 3 is 2.60 bits per heavy atom. The van der Waals surface area contributed by atoms with E-state index in [1.54, 1.807) is 33.9 Å². The number of hydrogen-bond donors (Lipinski definition) is 1. The van der Waals surface area contributed by atoms with Gasteiger partial charge in [0.15, 0.2) is 3.42 Å². The number of nitrogens with zero attached hydrogens (tertiary/aromatic N) is 2. The Morgan fingerprint density at radius 1 is 1.20 bits per heavy atom. The molecule has 0 amide bonds. The maximum absolute atomic E-state index is 14.4. The normalized spacial score (nSPS) is 14.5. The minimum atomic E-state index is -1.50. The Hall–Kier alpha value is 0.01000. The van der Waals surface area contributed by atoms with Crippen LogP contribution in [0.1, 0.15) is 23.9 Å². The van der Waals surface area contributed by atoms with Gasteiger partial charge in [-0.3, -0.25) is 0 Å². The van der Waals surface area contributed by atoms with E-state index < -0.39 is 3.42 Å². The smallest absolute Gasteiger partial charge is 0.198 e. The average molecular weight is 523 g/mol. The highest BCUT2D eigenvalue weighted by molar-refractivity contribution is 14.1. The molecule has 1 N–H and O–H groups in total. The van der Waals surface area contributed by atoms with Gasteiger partial charge in [-0.15, -0.1) is 29.8 Å². The van der Waals surface area contributed by atoms with Crippen LogP contribution in [0.25, 0.3) is 10.2 Å². The average Bonchev–Trinajstić information content (AvgIpc) is 2.99. The lowest BCUT2D eigenvalue weighted by molar-refractivity contribution is 0.444. The first-order valence-electron chi connectivity index (χ1n) is 7.48. The number of halogens is 2. The quantitative estimate of drug-likeness (QED) is 0.268. The largest absolute Gasteiger partial charge is 0.365 e. The van der Waals surface area contributed by atoms with E-state index in [2.05, 4.69) is 38.0 Å². The van der Waals surface area contributed by atoms with E-state index in [0.29, 0.717) is 12.1 Å². The lowest BCUT2D eigenvalue weighted by atomic mass is 10.1. The number of aromatic nitrogens is 2. The summed E-state index contributed by atoms with van der Waals surface area (Å²) in [4.78, 5) is 9.02. The van der Waals surface area contributed by atoms with Crippen LogP contribution in [0.3, 0.4) is 0 Å². The molecule has 0 saturated carbocycles. The van der Waals surface area contributed by atoms with Crippen molar-refractivity contribution in [3.05, 3.63) is 52.7 Å². The van der Waals surface area contributed by atoms with Crippen LogP contribution in [0.5, 0.6) is 0 Å². The van der Waals surface area contributed by atoms with E-state index >= 15 is 0 Å². The van der Waals surface area contributed by atoms with Gasteiger partial charge in [-0.1, -0.05) is 33.5 Å². The van der Waals surface area contributed by atoms with E-state index in [4.69, 9.17) is 4.98 Å². The molecule has 0 aliphatic heterocycles. The van der Waals surface area contributed by atoms with Crippen LogP contribution in [0.4, 0.5) is 10.2 Å². The topological polar surface area (TPSA) is 37.8 Å². The van der Waals surface area contributed by atoms with Gasteiger partial charge in [-0.2, -0.15) is 0 Å². The van der Waals surface area contributed by atoms with Crippen molar-refractivity contribution in [2.75, 3.05) is 5.32 Å². The van der Waals surface area contributed by atoms with Crippen molar-refractivity contribution < 1.29 is 4.39 Å². The van der Waals surface area contributed by atoms with Crippen molar-refractivity contribution in [1.82, 2.24) is 9.97 Å². The van der Waals surface area contributed by atoms with E-state index in [1.807, 2.05) is 42.6 Å². The Bertz CT molecular complexity index is 906. The highest BCUT2D eigenvalue weighted by atomic mass is 127. The molecular weight excluding hydrogens is 505 g/mol. The van der Waals surface area contributed by atoms with E-state index in [1.165, 1.54) is 0 Å². The summed E-state index contributed by atoms with van der Waals surface area (Å²) in [5.41, 5.74) is 2.46. The highest BCUT2D eigenvalue weighted by Crippen LogP contribution is 2.42. The predicted octanol–water partition coefficient (Wildman–Crippen LogP) is 5.62. The van der Waals surface area contributed by atoms with Crippen LogP contribution in [0.2, 0.25) is 0 Å². The van der Waals surface area contributed by atoms with Crippen molar-refractivity contribution in [2.45, 2.75) is 21.8 Å². The second-order valence-corrected chi connectivity index (χ2v) is 13.5. The van der Waals surface area contributed by atoms with Crippen LogP contribution in [-0.4, -0.2) is 9.97 Å². The van der Waals surface area contributed by atoms with Gasteiger partial charge in [0.2, 0.25) is 0 Å². The summed E-state index contributed by atoms with van der Waals surface area (Å²) in [6.07, 6.45) is 0. The molecule has 0 aliphatic rings. The fraction of sp³-hybridized carbons (Fsp3) is 0.250. The van der Waals surface area contributed by atoms with E-state index in [9.17, 15) is 4.39 Å². The molecular formula is C16H18FIN3P3S. The number of hydrogen-bond acceptors (Lipinski definition) is 4. The molecule has 3 aromatic rings. The van der Waals surface area contributed by atoms with Crippen molar-refractivity contribution in [1.29, 1.82) is 0 Å². The summed E-state index contributed by atoms with van der Waals surface area (Å²) < 4.78 is 13.9. The SMILES string of the molecule is CC(P)(P)c1nc(NCc2ccccc2C(F)(P)I)c2sccc2n1. The second kappa shape index (κ2) is 7.56. The maximum Gasteiger partial charge on any atom is 0.198 e. The van der Waals surface area contributed by atoms with Crippen molar-refractivity contribution in [2.24, 2.45) is 0 Å². The Labute approximate surface area is 171 Å². The van der Waals surface area contributed by atoms with Crippen molar-refractivity contribution >= 4 is 77.7 Å². The lowest BCUT2D eigenvalue weighted by Crippen LogP contribution is -2.13. The van der Waals surface area contributed by atoms with Crippen LogP contribution >= 0.6 is 61.6 Å². The molecule has 0 spiro atoms. The molecule has 3 rings (SSSR count). The molecule has 25 heavy (non-hydrogen) atoms. The highest BCUT2D eigenvalue weighted by Gasteiger charge is 2.25. The summed E-state index contributed by atoms with van der Waals surface area (Å²) in [6, 6.07) is 9.51. The molecule has 2 aromatic heterocycles. The third-order valence-corrected chi connectivity index (χ3v) is 5.93. The van der Waals surface area contributed by atoms with Crippen molar-refractivity contribution in [3.63, 3.8) is 0 Å². The fourth-order valence-corrected chi connectivity index (χ4v) is 4.27. The molecule has 3 nitrogen and oxygen atoms in total. The molecule has 132 valence electrons. The minimum absolute atomic E-state index is 0.305. The number of thiophene rings is 1. The molecule has 0 bridgehead atoms. The number of fused-ring (bicyclic) bond motifs is 1. The summed E-state index contributed by atoms with van der Waals surface area (Å²) in [5.74, 6) is 1.51. The Morgan fingerprint density at radius 2 is 1.92 bits per heavy atom. The standard InChI is InChI=1S/C16H18FIN3P3S/c1-15(22,23)14-20-11-6-7-25-12(11)13(21-14)19-8-9-4-2-3-5-10(9)16(17,18)24/h2-7H,8,22-24H2,1H3,(H,19,20,21). The van der Waals surface area contributed by atoms with Crippen molar-refractivity contribution in [3.8, 4) is 0 Å². The summed E-state index contributed by atoms with van der Waals surface area (Å²) in [6.45, 7) is 2.52. The first-order chi connectivity index (χ1) is 11.7. The zero-order chi connectivity index (χ0) is 18.2. The fourth-order valence-electron chi connectivity index (χ4n) is 2.40. The van der Waals surface area contributed by atoms with E-state index in [-0.39, 0.29) is 4.90 Å². The number of alkyl halides is 2. The molecule has 0 saturated heterocycles. The minimum Gasteiger partial charge on any atom is -0.365 e. The molecule has 2 heterocycles. The van der Waals surface area contributed by atoms with Crippen LogP contribution in [-0.2, 0) is 14.9 Å². The number of benzene rings is 1. The van der Waals surface area contributed by atoms with Gasteiger partial charge in [-0.05, 0) is 46.5 Å². The first kappa shape index (κ1) is 19.8. The Balaban J connectivity index is 1.96. The summed E-state index contributed by atoms with van der Waals surface area (Å²) in [5, 5.41) is 5.38. The van der Waals surface area contributed by atoms with Gasteiger partial charge in [0, 0.05) is 12.1 Å². The van der Waals surface area contributed by atoms with Crippen LogP contribution in [0, 0.1) is 0 Å². The van der Waals surface area contributed by atoms with Gasteiger partial charge in [0.1, 0.15) is 11.6 Å². The molecule has 0 radical (unpaired) electrons. The second-order valence-electron chi connectivity index (χ2n) is 5.95. The zero-order valence-electron chi connectivity index (χ0n) is 13.5. The molecule has 1 aromatic carbocycles. The number of anilines is 1. The monoisotopic (exact) mass is 523 g/mol. The third kappa shape index (κ3) is 4.65. The zero-order valence-corrected chi connectivity index (χ0v) is 19.9. The molecule has 9 heteroatoms. The number of rotatable bonds is 5. The molecule has 4 unspecified atom stereocenters. The lowest BCUT2D eigenvalue weighted by Gasteiger charge is -2.20. The first-order valence-corrected chi connectivity index (χ1v) is 11.2. The van der Waals surface area contributed by atoms with Gasteiger partial charge < -0.3 is 5.32 Å². The van der Waals surface area contributed by atoms with Gasteiger partial charge in [0.25, 0.3) is 0 Å². The van der Waals surface area contributed by atoms with Gasteiger partial charge in [-0.25, -0.2) is 14.4 Å². The maximum atomic E-state index is 14.4. The van der Waals surface area contributed by atoms with Gasteiger partial charge in [0.05, 0.1) is 15.1 Å². The summed E-state index contributed by atoms with van der Waals surface area (Å²) >= 11 is 3.39. The molecule has 0 aliphatic carbocycles. The molecule has 0 fully saturated rings. The summed E-state index contributed by atoms with van der Waals surface area (Å²) in [7, 11) is 7.73. The molecule has 4 atom stereocenters. The van der Waals surface area contributed by atoms with Crippen LogP contribution < -0.4 is 5.32 Å². The van der Waals surface area contributed by atoms with E-state index in [0.717, 1.165) is 27.4 Å². The third-order valence-electron chi connectivity index (χ3n) is 3.61. The van der Waals surface area contributed by atoms with Crippen LogP contribution in [0.15, 0.2) is 35.7 Å². The van der Waals surface area contributed by atoms with Gasteiger partial charge >= 0.3 is 0 Å². The Kier molecular flexibility index (Phi) is 5.98.